The van der Waals surface area contributed by atoms with Crippen LogP contribution in [0.25, 0.3) is 0 Å². The minimum Gasteiger partial charge on any atom is -0.481 e. The molecule has 0 fully saturated rings. The highest BCUT2D eigenvalue weighted by Crippen LogP contribution is 2.67. The van der Waals surface area contributed by atoms with Gasteiger partial charge in [-0.2, -0.15) is 17.6 Å². The van der Waals surface area contributed by atoms with E-state index in [1.807, 2.05) is 0 Å². The summed E-state index contributed by atoms with van der Waals surface area (Å²) in [4.78, 5) is 22.3. The lowest BCUT2D eigenvalue weighted by atomic mass is 9.99. The molecule has 0 saturated heterocycles. The Morgan fingerprint density at radius 3 is 1.22 bits per heavy atom. The van der Waals surface area contributed by atoms with E-state index >= 15 is 0 Å². The number of benzene rings is 2. The number of amides is 1. The predicted molar refractivity (Wildman–Crippen MR) is 180 cm³/mol. The van der Waals surface area contributed by atoms with Crippen LogP contribution < -0.4 is 11.1 Å². The van der Waals surface area contributed by atoms with Crippen LogP contribution in [0.2, 0.25) is 0 Å². The molecule has 0 aliphatic rings. The highest BCUT2D eigenvalue weighted by Gasteiger charge is 2.55. The fourth-order valence-corrected chi connectivity index (χ4v) is 7.30. The van der Waals surface area contributed by atoms with Crippen LogP contribution in [0.4, 0.5) is 17.6 Å². The van der Waals surface area contributed by atoms with E-state index in [-0.39, 0.29) is 44.7 Å². The van der Waals surface area contributed by atoms with Crippen molar-refractivity contribution in [2.24, 2.45) is 17.6 Å². The van der Waals surface area contributed by atoms with E-state index in [0.29, 0.717) is 12.0 Å². The number of carboxylic acids is 1. The number of aliphatic carboxylic acids is 1. The fourth-order valence-electron chi connectivity index (χ4n) is 4.21. The number of carbonyl (C=O) groups excluding carboxylic acids is 1. The average molecular weight is 745 g/mol. The Morgan fingerprint density at radius 2 is 0.980 bits per heavy atom. The molecule has 0 bridgehead atoms. The number of rotatable bonds is 18. The maximum Gasteiger partial charge on any atom is 0.404 e. The predicted octanol–water partition coefficient (Wildman–Crippen LogP) is 7.77. The van der Waals surface area contributed by atoms with Crippen molar-refractivity contribution in [2.75, 3.05) is 40.5 Å². The molecule has 0 radical (unpaired) electrons. The van der Waals surface area contributed by atoms with Gasteiger partial charge in [-0.15, -0.1) is 0 Å². The van der Waals surface area contributed by atoms with Crippen LogP contribution in [-0.4, -0.2) is 57.5 Å². The van der Waals surface area contributed by atoms with Gasteiger partial charge in [0.2, 0.25) is 5.91 Å². The topological polar surface area (TPSA) is 163 Å². The van der Waals surface area contributed by atoms with E-state index in [4.69, 9.17) is 23.2 Å². The van der Waals surface area contributed by atoms with Gasteiger partial charge in [0, 0.05) is 24.1 Å². The van der Waals surface area contributed by atoms with Gasteiger partial charge in [0.05, 0.1) is 32.3 Å². The van der Waals surface area contributed by atoms with E-state index in [2.05, 4.69) is 11.1 Å². The number of nitrogens with two attached hydrogens (primary N) is 1. The fraction of sp³-hybridized carbons (Fsp3) is 0.562. The summed E-state index contributed by atoms with van der Waals surface area (Å²) < 4.78 is 102. The molecule has 0 saturated carbocycles. The Labute approximate surface area is 286 Å². The van der Waals surface area contributed by atoms with E-state index in [0.717, 1.165) is 17.7 Å². The molecule has 2 aromatic carbocycles. The highest BCUT2D eigenvalue weighted by molar-refractivity contribution is 7.55. The summed E-state index contributed by atoms with van der Waals surface area (Å²) >= 11 is 0. The van der Waals surface area contributed by atoms with Crippen molar-refractivity contribution >= 4 is 27.1 Å². The van der Waals surface area contributed by atoms with Crippen LogP contribution in [0.15, 0.2) is 48.5 Å². The van der Waals surface area contributed by atoms with Crippen molar-refractivity contribution < 1.29 is 59.5 Å². The quantitative estimate of drug-likeness (QED) is 0.102. The summed E-state index contributed by atoms with van der Waals surface area (Å²) in [7, 11) is -6.19. The molecule has 0 aromatic heterocycles. The highest BCUT2D eigenvalue weighted by atomic mass is 31.2. The molecule has 280 valence electrons. The third-order valence-electron chi connectivity index (χ3n) is 6.69. The molecule has 0 heterocycles. The molecule has 0 aliphatic heterocycles. The third-order valence-corrected chi connectivity index (χ3v) is 11.0. The first-order chi connectivity index (χ1) is 22.9. The molecule has 0 aliphatic carbocycles. The lowest BCUT2D eigenvalue weighted by Crippen LogP contribution is -2.26. The van der Waals surface area contributed by atoms with Crippen LogP contribution in [0.1, 0.15) is 63.8 Å². The number of carboxylic acid groups (broad SMARTS) is 1. The molecular formula is C32H50F4N2O9P2. The van der Waals surface area contributed by atoms with Crippen LogP contribution in [0.3, 0.4) is 0 Å². The third kappa shape index (κ3) is 12.9. The summed E-state index contributed by atoms with van der Waals surface area (Å²) in [5.41, 5.74) is -2.63. The first-order valence-corrected chi connectivity index (χ1v) is 18.7. The van der Waals surface area contributed by atoms with Gasteiger partial charge in [-0.1, -0.05) is 62.4 Å². The summed E-state index contributed by atoms with van der Waals surface area (Å²) in [6, 6.07) is 10.4. The maximum absolute atomic E-state index is 14.6. The summed E-state index contributed by atoms with van der Waals surface area (Å²) in [5.74, 6) is -1.99. The van der Waals surface area contributed by atoms with Gasteiger partial charge in [-0.25, -0.2) is 0 Å². The Morgan fingerprint density at radius 1 is 0.694 bits per heavy atom. The van der Waals surface area contributed by atoms with Crippen LogP contribution in [0, 0.1) is 11.8 Å². The van der Waals surface area contributed by atoms with Crippen molar-refractivity contribution in [1.29, 1.82) is 0 Å². The van der Waals surface area contributed by atoms with Gasteiger partial charge < -0.3 is 34.3 Å². The van der Waals surface area contributed by atoms with E-state index in [9.17, 15) is 36.3 Å². The molecule has 2 atom stereocenters. The Hall–Kier alpha value is -2.64. The van der Waals surface area contributed by atoms with Crippen molar-refractivity contribution in [2.45, 2.75) is 65.7 Å². The molecule has 1 amide bonds. The molecule has 17 heteroatoms. The molecule has 0 unspecified atom stereocenters. The standard InChI is InChI=1S/C16H24F2NO4P.C15H21F2O5P.CH5N/c1-5-22-24(21,23-6-2)16(17,18)14-9-7-13(8-10-14)11-12(3)15(20)19-4;1-4-21-23(20,22-5-2)15(16,17)13-8-6-12(7-9-13)10-11(3)14(18)19;1-2/h7-10,12H,5-6,11H2,1-4H3,(H,19,20);6-9,11H,4-5,10H2,1-3H3,(H,18,19);2H2,1H3/t12-;11-;/m00./s1. The van der Waals surface area contributed by atoms with E-state index < -0.39 is 49.5 Å². The van der Waals surface area contributed by atoms with Crippen molar-refractivity contribution in [1.82, 2.24) is 5.32 Å². The number of hydrogen-bond donors (Lipinski definition) is 3. The number of carbonyl (C=O) groups is 2. The van der Waals surface area contributed by atoms with Crippen molar-refractivity contribution in [3.63, 3.8) is 0 Å². The van der Waals surface area contributed by atoms with Gasteiger partial charge in [0.15, 0.2) is 0 Å². The SMILES string of the molecule is CCOP(=O)(OCC)C(F)(F)c1ccc(C[C@H](C)C(=O)NC)cc1.CCOP(=O)(OCC)C(F)(F)c1ccc(C[C@H](C)C(=O)O)cc1.CN. The largest absolute Gasteiger partial charge is 0.481 e. The van der Waals surface area contributed by atoms with Gasteiger partial charge in [0.1, 0.15) is 0 Å². The summed E-state index contributed by atoms with van der Waals surface area (Å²) in [6.45, 7) is 8.53. The second kappa shape index (κ2) is 21.5. The van der Waals surface area contributed by atoms with Gasteiger partial charge >= 0.3 is 32.5 Å². The minimum absolute atomic E-state index is 0.124. The molecule has 49 heavy (non-hydrogen) atoms. The normalized spacial score (nSPS) is 13.2. The maximum atomic E-state index is 14.6. The molecule has 0 spiro atoms. The summed E-state index contributed by atoms with van der Waals surface area (Å²) in [6.07, 6.45) is 0.635. The van der Waals surface area contributed by atoms with E-state index in [1.54, 1.807) is 14.0 Å². The first kappa shape index (κ1) is 46.4. The number of nitrogens with one attached hydrogen (secondary N) is 1. The zero-order valence-electron chi connectivity index (χ0n) is 29.2. The molecule has 2 rings (SSSR count). The average Bonchev–Trinajstić information content (AvgIpc) is 3.06. The summed E-state index contributed by atoms with van der Waals surface area (Å²) in [5, 5.41) is 11.4. The number of hydrogen-bond acceptors (Lipinski definition) is 9. The monoisotopic (exact) mass is 744 g/mol. The second-order valence-electron chi connectivity index (χ2n) is 10.3. The lowest BCUT2D eigenvalue weighted by molar-refractivity contribution is -0.141. The van der Waals surface area contributed by atoms with Crippen molar-refractivity contribution in [3.05, 3.63) is 70.8 Å². The number of halogens is 4. The van der Waals surface area contributed by atoms with Gasteiger partial charge in [0.25, 0.3) is 0 Å². The Kier molecular flexibility index (Phi) is 20.4. The van der Waals surface area contributed by atoms with Crippen molar-refractivity contribution in [3.8, 4) is 0 Å². The molecule has 4 N–H and O–H groups in total. The first-order valence-electron chi connectivity index (χ1n) is 15.6. The van der Waals surface area contributed by atoms with Gasteiger partial charge in [-0.05, 0) is 58.7 Å². The van der Waals surface area contributed by atoms with Crippen LogP contribution in [-0.2, 0) is 61.0 Å². The zero-order chi connectivity index (χ0) is 38.1. The second-order valence-corrected chi connectivity index (χ2v) is 14.5. The zero-order valence-corrected chi connectivity index (χ0v) is 31.0. The smallest absolute Gasteiger partial charge is 0.404 e. The molecule has 11 nitrogen and oxygen atoms in total. The van der Waals surface area contributed by atoms with E-state index in [1.165, 1.54) is 78.1 Å². The molecule has 2 aromatic rings. The Bertz CT molecular complexity index is 1360. The van der Waals surface area contributed by atoms with Crippen LogP contribution >= 0.6 is 15.2 Å². The van der Waals surface area contributed by atoms with Crippen LogP contribution in [0.5, 0.6) is 0 Å². The van der Waals surface area contributed by atoms with Gasteiger partial charge in [-0.3, -0.25) is 18.7 Å². The lowest BCUT2D eigenvalue weighted by Gasteiger charge is -2.26. The number of alkyl halides is 4. The Balaban J connectivity index is 0.000000896. The molecular weight excluding hydrogens is 694 g/mol. The minimum atomic E-state index is -4.63.